The normalized spacial score (nSPS) is 11.1. The van der Waals surface area contributed by atoms with E-state index in [9.17, 15) is 4.79 Å². The van der Waals surface area contributed by atoms with Crippen molar-refractivity contribution in [1.82, 2.24) is 9.97 Å². The second-order valence-corrected chi connectivity index (χ2v) is 8.25. The number of rotatable bonds is 6. The van der Waals surface area contributed by atoms with Crippen LogP contribution in [0.1, 0.15) is 30.9 Å². The van der Waals surface area contributed by atoms with Crippen LogP contribution in [0.5, 0.6) is 5.75 Å². The zero-order valence-corrected chi connectivity index (χ0v) is 18.5. The van der Waals surface area contributed by atoms with Gasteiger partial charge in [0, 0.05) is 16.3 Å². The molecule has 0 aliphatic carbocycles. The number of ether oxygens (including phenoxy) is 1. The Balaban J connectivity index is 1.37. The maximum absolute atomic E-state index is 12.2. The predicted octanol–water partition coefficient (Wildman–Crippen LogP) is 6.33. The number of carbonyl (C=O) groups excluding carboxylic acids is 1. The molecule has 3 aromatic carbocycles. The summed E-state index contributed by atoms with van der Waals surface area (Å²) >= 11 is 6.19. The van der Waals surface area contributed by atoms with Gasteiger partial charge in [-0.3, -0.25) is 4.79 Å². The summed E-state index contributed by atoms with van der Waals surface area (Å²) in [6, 6.07) is 19.2. The number of H-pyrrole nitrogens is 1. The SMILES string of the molecule is Cc1cc2[nH]c(-c3ccc(NC(=O)COc4ccc(C(C)C)cc4)cc3)nc2cc1Cl. The van der Waals surface area contributed by atoms with Gasteiger partial charge >= 0.3 is 0 Å². The monoisotopic (exact) mass is 433 g/mol. The molecular formula is C25H24ClN3O2. The first-order valence-electron chi connectivity index (χ1n) is 10.2. The molecule has 0 atom stereocenters. The summed E-state index contributed by atoms with van der Waals surface area (Å²) in [6.45, 7) is 6.19. The van der Waals surface area contributed by atoms with E-state index in [-0.39, 0.29) is 12.5 Å². The third kappa shape index (κ3) is 4.89. The number of aryl methyl sites for hydroxylation is 1. The molecule has 5 nitrogen and oxygen atoms in total. The smallest absolute Gasteiger partial charge is 0.262 e. The quantitative estimate of drug-likeness (QED) is 0.373. The van der Waals surface area contributed by atoms with Crippen LogP contribution in [-0.2, 0) is 4.79 Å². The Kier molecular flexibility index (Phi) is 5.96. The number of fused-ring (bicyclic) bond motifs is 1. The lowest BCUT2D eigenvalue weighted by molar-refractivity contribution is -0.118. The van der Waals surface area contributed by atoms with E-state index in [2.05, 4.69) is 29.1 Å². The van der Waals surface area contributed by atoms with Crippen molar-refractivity contribution in [2.24, 2.45) is 0 Å². The molecule has 158 valence electrons. The van der Waals surface area contributed by atoms with E-state index < -0.39 is 0 Å². The van der Waals surface area contributed by atoms with Gasteiger partial charge in [0.1, 0.15) is 11.6 Å². The second-order valence-electron chi connectivity index (χ2n) is 7.84. The number of carbonyl (C=O) groups is 1. The number of nitrogens with one attached hydrogen (secondary N) is 2. The molecule has 0 bridgehead atoms. The van der Waals surface area contributed by atoms with E-state index in [4.69, 9.17) is 16.3 Å². The van der Waals surface area contributed by atoms with Crippen molar-refractivity contribution in [3.8, 4) is 17.1 Å². The molecule has 0 aliphatic rings. The first kappa shape index (κ1) is 20.9. The van der Waals surface area contributed by atoms with Crippen molar-refractivity contribution in [3.63, 3.8) is 0 Å². The average molecular weight is 434 g/mol. The average Bonchev–Trinajstić information content (AvgIpc) is 3.16. The van der Waals surface area contributed by atoms with Crippen LogP contribution in [0.15, 0.2) is 60.7 Å². The lowest BCUT2D eigenvalue weighted by atomic mass is 10.0. The Bertz CT molecular complexity index is 1170. The number of imidazole rings is 1. The number of aromatic amines is 1. The van der Waals surface area contributed by atoms with Crippen LogP contribution in [0, 0.1) is 6.92 Å². The molecular weight excluding hydrogens is 410 g/mol. The van der Waals surface area contributed by atoms with Crippen molar-refractivity contribution in [2.75, 3.05) is 11.9 Å². The molecule has 4 rings (SSSR count). The predicted molar refractivity (Wildman–Crippen MR) is 126 cm³/mol. The van der Waals surface area contributed by atoms with Crippen molar-refractivity contribution in [2.45, 2.75) is 26.7 Å². The number of hydrogen-bond acceptors (Lipinski definition) is 3. The maximum Gasteiger partial charge on any atom is 0.262 e. The number of nitrogens with zero attached hydrogens (tertiary/aromatic N) is 1. The van der Waals surface area contributed by atoms with Crippen LogP contribution in [0.2, 0.25) is 5.02 Å². The molecule has 31 heavy (non-hydrogen) atoms. The number of halogens is 1. The van der Waals surface area contributed by atoms with Crippen LogP contribution in [-0.4, -0.2) is 22.5 Å². The molecule has 1 amide bonds. The summed E-state index contributed by atoms with van der Waals surface area (Å²) in [5.41, 5.74) is 5.61. The van der Waals surface area contributed by atoms with Gasteiger partial charge in [0.2, 0.25) is 0 Å². The molecule has 0 unspecified atom stereocenters. The minimum Gasteiger partial charge on any atom is -0.484 e. The number of anilines is 1. The van der Waals surface area contributed by atoms with E-state index in [1.807, 2.05) is 67.6 Å². The number of benzene rings is 3. The summed E-state index contributed by atoms with van der Waals surface area (Å²) in [5, 5.41) is 3.55. The molecule has 2 N–H and O–H groups in total. The number of amides is 1. The van der Waals surface area contributed by atoms with E-state index in [0.717, 1.165) is 28.0 Å². The molecule has 6 heteroatoms. The Morgan fingerprint density at radius 1 is 1.10 bits per heavy atom. The van der Waals surface area contributed by atoms with Gasteiger partial charge in [0.15, 0.2) is 6.61 Å². The summed E-state index contributed by atoms with van der Waals surface area (Å²) in [7, 11) is 0. The largest absolute Gasteiger partial charge is 0.484 e. The standard InChI is InChI=1S/C25H24ClN3O2/c1-15(2)17-6-10-20(11-7-17)31-14-24(30)27-19-8-4-18(5-9-19)25-28-22-12-16(3)21(26)13-23(22)29-25/h4-13,15H,14H2,1-3H3,(H,27,30)(H,28,29). The lowest BCUT2D eigenvalue weighted by Gasteiger charge is -2.09. The molecule has 1 heterocycles. The Morgan fingerprint density at radius 3 is 2.48 bits per heavy atom. The fraction of sp³-hybridized carbons (Fsp3) is 0.200. The van der Waals surface area contributed by atoms with Gasteiger partial charge in [-0.2, -0.15) is 0 Å². The minimum atomic E-state index is -0.213. The third-order valence-electron chi connectivity index (χ3n) is 5.12. The van der Waals surface area contributed by atoms with Crippen molar-refractivity contribution in [3.05, 3.63) is 76.8 Å². The van der Waals surface area contributed by atoms with E-state index in [1.165, 1.54) is 5.56 Å². The lowest BCUT2D eigenvalue weighted by Crippen LogP contribution is -2.20. The van der Waals surface area contributed by atoms with E-state index >= 15 is 0 Å². The van der Waals surface area contributed by atoms with Gasteiger partial charge in [0.25, 0.3) is 5.91 Å². The Morgan fingerprint density at radius 2 is 1.81 bits per heavy atom. The van der Waals surface area contributed by atoms with Gasteiger partial charge in [-0.25, -0.2) is 4.98 Å². The first-order valence-corrected chi connectivity index (χ1v) is 10.6. The minimum absolute atomic E-state index is 0.0491. The summed E-state index contributed by atoms with van der Waals surface area (Å²) in [5.74, 6) is 1.68. The van der Waals surface area contributed by atoms with Gasteiger partial charge in [-0.05, 0) is 72.5 Å². The van der Waals surface area contributed by atoms with Crippen molar-refractivity contribution in [1.29, 1.82) is 0 Å². The van der Waals surface area contributed by atoms with Crippen LogP contribution in [0.4, 0.5) is 5.69 Å². The summed E-state index contributed by atoms with van der Waals surface area (Å²) in [4.78, 5) is 20.2. The molecule has 0 fully saturated rings. The fourth-order valence-corrected chi connectivity index (χ4v) is 3.44. The molecule has 1 aromatic heterocycles. The maximum atomic E-state index is 12.2. The third-order valence-corrected chi connectivity index (χ3v) is 5.53. The highest BCUT2D eigenvalue weighted by Crippen LogP contribution is 2.26. The molecule has 4 aromatic rings. The second kappa shape index (κ2) is 8.82. The van der Waals surface area contributed by atoms with Gasteiger partial charge in [-0.15, -0.1) is 0 Å². The zero-order valence-electron chi connectivity index (χ0n) is 17.7. The van der Waals surface area contributed by atoms with Crippen LogP contribution in [0.3, 0.4) is 0 Å². The highest BCUT2D eigenvalue weighted by molar-refractivity contribution is 6.32. The molecule has 0 spiro atoms. The van der Waals surface area contributed by atoms with Crippen LogP contribution >= 0.6 is 11.6 Å². The van der Waals surface area contributed by atoms with Crippen molar-refractivity contribution >= 4 is 34.2 Å². The molecule has 0 saturated heterocycles. The Labute approximate surface area is 186 Å². The molecule has 0 radical (unpaired) electrons. The van der Waals surface area contributed by atoms with Crippen molar-refractivity contribution < 1.29 is 9.53 Å². The van der Waals surface area contributed by atoms with Gasteiger partial charge in [-0.1, -0.05) is 37.6 Å². The summed E-state index contributed by atoms with van der Waals surface area (Å²) < 4.78 is 5.58. The highest BCUT2D eigenvalue weighted by atomic mass is 35.5. The van der Waals surface area contributed by atoms with Gasteiger partial charge < -0.3 is 15.0 Å². The zero-order chi connectivity index (χ0) is 22.0. The first-order chi connectivity index (χ1) is 14.9. The van der Waals surface area contributed by atoms with E-state index in [1.54, 1.807) is 0 Å². The van der Waals surface area contributed by atoms with Gasteiger partial charge in [0.05, 0.1) is 11.0 Å². The fourth-order valence-electron chi connectivity index (χ4n) is 3.28. The molecule has 0 saturated carbocycles. The number of hydrogen-bond donors (Lipinski definition) is 2. The van der Waals surface area contributed by atoms with E-state index in [0.29, 0.717) is 22.4 Å². The number of aromatic nitrogens is 2. The topological polar surface area (TPSA) is 67.0 Å². The van der Waals surface area contributed by atoms with Crippen LogP contribution in [0.25, 0.3) is 22.4 Å². The van der Waals surface area contributed by atoms with Crippen LogP contribution < -0.4 is 10.1 Å². The summed E-state index contributed by atoms with van der Waals surface area (Å²) in [6.07, 6.45) is 0. The highest BCUT2D eigenvalue weighted by Gasteiger charge is 2.09. The molecule has 0 aliphatic heterocycles. The Hall–Kier alpha value is -3.31.